The molecule has 0 bridgehead atoms. The number of carbonyl (C=O) groups is 1. The van der Waals surface area contributed by atoms with Crippen molar-refractivity contribution in [1.82, 2.24) is 4.98 Å². The second kappa shape index (κ2) is 5.26. The van der Waals surface area contributed by atoms with Crippen LogP contribution in [0.25, 0.3) is 0 Å². The molecule has 0 saturated carbocycles. The van der Waals surface area contributed by atoms with E-state index >= 15 is 0 Å². The zero-order valence-corrected chi connectivity index (χ0v) is 12.2. The Bertz CT molecular complexity index is 444. The highest BCUT2D eigenvalue weighted by molar-refractivity contribution is 7.15. The first-order chi connectivity index (χ1) is 8.52. The van der Waals surface area contributed by atoms with Gasteiger partial charge in [-0.2, -0.15) is 0 Å². The molecule has 2 rings (SSSR count). The van der Waals surface area contributed by atoms with Crippen LogP contribution in [0.3, 0.4) is 0 Å². The van der Waals surface area contributed by atoms with E-state index in [4.69, 9.17) is 4.74 Å². The Morgan fingerprint density at radius 1 is 1.50 bits per heavy atom. The smallest absolute Gasteiger partial charge is 0.357 e. The van der Waals surface area contributed by atoms with Gasteiger partial charge in [-0.15, -0.1) is 11.3 Å². The van der Waals surface area contributed by atoms with Gasteiger partial charge in [0.05, 0.1) is 7.11 Å². The second-order valence-electron chi connectivity index (χ2n) is 5.06. The lowest BCUT2D eigenvalue weighted by molar-refractivity contribution is 0.0594. The van der Waals surface area contributed by atoms with E-state index in [1.165, 1.54) is 20.0 Å². The minimum Gasteiger partial charge on any atom is -0.464 e. The van der Waals surface area contributed by atoms with Crippen LogP contribution in [0.1, 0.15) is 42.1 Å². The lowest BCUT2D eigenvalue weighted by Crippen LogP contribution is -2.40. The molecule has 2 heterocycles. The first-order valence-corrected chi connectivity index (χ1v) is 7.17. The Labute approximate surface area is 112 Å². The summed E-state index contributed by atoms with van der Waals surface area (Å²) in [6.07, 6.45) is 2.38. The van der Waals surface area contributed by atoms with Crippen molar-refractivity contribution in [2.75, 3.05) is 18.6 Å². The van der Waals surface area contributed by atoms with Gasteiger partial charge in [0.15, 0.2) is 10.8 Å². The molecule has 0 radical (unpaired) electrons. The standard InChI is InChI=1S/C13H20N2O2S/c1-8-5-6-15(9(2)7-8)13-14-11(10(3)18-13)12(16)17-4/h8-9H,5-7H2,1-4H3. The van der Waals surface area contributed by atoms with Crippen LogP contribution in [0.5, 0.6) is 0 Å². The Morgan fingerprint density at radius 3 is 2.83 bits per heavy atom. The fourth-order valence-electron chi connectivity index (χ4n) is 2.48. The Morgan fingerprint density at radius 2 is 2.22 bits per heavy atom. The van der Waals surface area contributed by atoms with Gasteiger partial charge in [-0.1, -0.05) is 6.92 Å². The van der Waals surface area contributed by atoms with E-state index in [0.717, 1.165) is 22.5 Å². The van der Waals surface area contributed by atoms with E-state index in [9.17, 15) is 4.79 Å². The molecule has 0 amide bonds. The molecular formula is C13H20N2O2S. The maximum atomic E-state index is 11.6. The molecule has 0 spiro atoms. The van der Waals surface area contributed by atoms with Gasteiger partial charge in [-0.25, -0.2) is 9.78 Å². The van der Waals surface area contributed by atoms with Gasteiger partial charge in [0.1, 0.15) is 0 Å². The SMILES string of the molecule is COC(=O)c1nc(N2CCC(C)CC2C)sc1C. The number of anilines is 1. The van der Waals surface area contributed by atoms with Gasteiger partial charge < -0.3 is 9.64 Å². The maximum Gasteiger partial charge on any atom is 0.357 e. The predicted molar refractivity (Wildman–Crippen MR) is 73.4 cm³/mol. The minimum atomic E-state index is -0.340. The molecule has 1 saturated heterocycles. The third kappa shape index (κ3) is 2.51. The third-order valence-electron chi connectivity index (χ3n) is 3.55. The van der Waals surface area contributed by atoms with E-state index < -0.39 is 0 Å². The molecule has 1 aromatic heterocycles. The molecule has 1 aliphatic heterocycles. The van der Waals surface area contributed by atoms with E-state index in [1.807, 2.05) is 6.92 Å². The average Bonchev–Trinajstić information content (AvgIpc) is 2.70. The monoisotopic (exact) mass is 268 g/mol. The molecule has 0 aromatic carbocycles. The molecule has 1 aliphatic rings. The highest BCUT2D eigenvalue weighted by Crippen LogP contribution is 2.32. The molecule has 2 unspecified atom stereocenters. The van der Waals surface area contributed by atoms with Gasteiger partial charge >= 0.3 is 5.97 Å². The van der Waals surface area contributed by atoms with Crippen LogP contribution in [0.4, 0.5) is 5.13 Å². The summed E-state index contributed by atoms with van der Waals surface area (Å²) >= 11 is 1.58. The lowest BCUT2D eigenvalue weighted by Gasteiger charge is -2.36. The Balaban J connectivity index is 2.21. The highest BCUT2D eigenvalue weighted by Gasteiger charge is 2.27. The van der Waals surface area contributed by atoms with E-state index in [-0.39, 0.29) is 5.97 Å². The van der Waals surface area contributed by atoms with Gasteiger partial charge in [0.2, 0.25) is 0 Å². The largest absolute Gasteiger partial charge is 0.464 e. The number of hydrogen-bond donors (Lipinski definition) is 0. The zero-order chi connectivity index (χ0) is 13.3. The van der Waals surface area contributed by atoms with Crippen molar-refractivity contribution in [2.45, 2.75) is 39.7 Å². The number of piperidine rings is 1. The van der Waals surface area contributed by atoms with Crippen LogP contribution < -0.4 is 4.90 Å². The van der Waals surface area contributed by atoms with Crippen molar-refractivity contribution in [3.05, 3.63) is 10.6 Å². The van der Waals surface area contributed by atoms with Gasteiger partial charge in [-0.3, -0.25) is 0 Å². The number of nitrogens with zero attached hydrogens (tertiary/aromatic N) is 2. The zero-order valence-electron chi connectivity index (χ0n) is 11.4. The summed E-state index contributed by atoms with van der Waals surface area (Å²) < 4.78 is 4.75. The number of aromatic nitrogens is 1. The quantitative estimate of drug-likeness (QED) is 0.774. The molecule has 0 aliphatic carbocycles. The average molecular weight is 268 g/mol. The summed E-state index contributed by atoms with van der Waals surface area (Å²) in [5.74, 6) is 0.436. The number of esters is 1. The minimum absolute atomic E-state index is 0.340. The number of aryl methyl sites for hydroxylation is 1. The van der Waals surface area contributed by atoms with Crippen LogP contribution in [-0.2, 0) is 4.74 Å². The molecule has 1 fully saturated rings. The maximum absolute atomic E-state index is 11.6. The fraction of sp³-hybridized carbons (Fsp3) is 0.692. The van der Waals surface area contributed by atoms with Crippen molar-refractivity contribution in [1.29, 1.82) is 0 Å². The summed E-state index contributed by atoms with van der Waals surface area (Å²) in [6, 6.07) is 0.491. The summed E-state index contributed by atoms with van der Waals surface area (Å²) in [7, 11) is 1.39. The third-order valence-corrected chi connectivity index (χ3v) is 4.56. The number of hydrogen-bond acceptors (Lipinski definition) is 5. The van der Waals surface area contributed by atoms with E-state index in [2.05, 4.69) is 23.7 Å². The number of carbonyl (C=O) groups excluding carboxylic acids is 1. The first-order valence-electron chi connectivity index (χ1n) is 6.35. The van der Waals surface area contributed by atoms with Crippen LogP contribution in [0.2, 0.25) is 0 Å². The normalized spacial score (nSPS) is 24.1. The highest BCUT2D eigenvalue weighted by atomic mass is 32.1. The molecule has 1 aromatic rings. The topological polar surface area (TPSA) is 42.4 Å². The van der Waals surface area contributed by atoms with Crippen LogP contribution >= 0.6 is 11.3 Å². The number of rotatable bonds is 2. The molecule has 0 N–H and O–H groups in total. The molecule has 5 heteroatoms. The van der Waals surface area contributed by atoms with Crippen molar-refractivity contribution in [3.63, 3.8) is 0 Å². The number of thiazole rings is 1. The summed E-state index contributed by atoms with van der Waals surface area (Å²) in [5.41, 5.74) is 0.461. The van der Waals surface area contributed by atoms with Crippen LogP contribution in [-0.4, -0.2) is 30.6 Å². The molecule has 18 heavy (non-hydrogen) atoms. The summed E-state index contributed by atoms with van der Waals surface area (Å²) in [5, 5.41) is 0.951. The second-order valence-corrected chi connectivity index (χ2v) is 6.25. The summed E-state index contributed by atoms with van der Waals surface area (Å²) in [6.45, 7) is 7.46. The van der Waals surface area contributed by atoms with Gasteiger partial charge in [-0.05, 0) is 32.6 Å². The Hall–Kier alpha value is -1.10. The van der Waals surface area contributed by atoms with Crippen molar-refractivity contribution in [2.24, 2.45) is 5.92 Å². The molecule has 100 valence electrons. The molecule has 2 atom stereocenters. The van der Waals surface area contributed by atoms with Crippen molar-refractivity contribution < 1.29 is 9.53 Å². The van der Waals surface area contributed by atoms with Gasteiger partial charge in [0.25, 0.3) is 0 Å². The van der Waals surface area contributed by atoms with E-state index in [0.29, 0.717) is 11.7 Å². The summed E-state index contributed by atoms with van der Waals surface area (Å²) in [4.78, 5) is 19.3. The number of ether oxygens (including phenoxy) is 1. The van der Waals surface area contributed by atoms with Crippen LogP contribution in [0.15, 0.2) is 0 Å². The first kappa shape index (κ1) is 13.3. The van der Waals surface area contributed by atoms with Gasteiger partial charge in [0, 0.05) is 17.5 Å². The molecular weight excluding hydrogens is 248 g/mol. The Kier molecular flexibility index (Phi) is 3.90. The fourth-order valence-corrected chi connectivity index (χ4v) is 3.51. The van der Waals surface area contributed by atoms with Crippen molar-refractivity contribution >= 4 is 22.4 Å². The van der Waals surface area contributed by atoms with E-state index in [1.54, 1.807) is 11.3 Å². The van der Waals surface area contributed by atoms with Crippen molar-refractivity contribution in [3.8, 4) is 0 Å². The predicted octanol–water partition coefficient (Wildman–Crippen LogP) is 2.86. The van der Waals surface area contributed by atoms with Crippen LogP contribution in [0, 0.1) is 12.8 Å². The molecule has 4 nitrogen and oxygen atoms in total. The number of methoxy groups -OCH3 is 1. The lowest BCUT2D eigenvalue weighted by atomic mass is 9.94.